The molecule has 78 valence electrons. The lowest BCUT2D eigenvalue weighted by Crippen LogP contribution is -2.16. The topological polar surface area (TPSA) is 56.7 Å². The van der Waals surface area contributed by atoms with Crippen LogP contribution in [0.4, 0.5) is 0 Å². The van der Waals surface area contributed by atoms with Gasteiger partial charge in [0.05, 0.1) is 11.7 Å². The van der Waals surface area contributed by atoms with Gasteiger partial charge in [-0.3, -0.25) is 9.67 Å². The highest BCUT2D eigenvalue weighted by Crippen LogP contribution is 2.17. The number of nitrogens with zero attached hydrogens (tertiary/aromatic N) is 3. The van der Waals surface area contributed by atoms with Crippen molar-refractivity contribution in [1.82, 2.24) is 14.8 Å². The quantitative estimate of drug-likeness (QED) is 0.795. The highest BCUT2D eigenvalue weighted by Gasteiger charge is 2.12. The Balaban J connectivity index is 2.32. The van der Waals surface area contributed by atoms with Crippen molar-refractivity contribution in [3.63, 3.8) is 0 Å². The maximum atomic E-state index is 6.11. The Bertz CT molecular complexity index is 444. The summed E-state index contributed by atoms with van der Waals surface area (Å²) >= 11 is 0. The molecule has 2 N–H and O–H groups in total. The number of hydrogen-bond donors (Lipinski definition) is 1. The van der Waals surface area contributed by atoms with E-state index in [0.717, 1.165) is 17.0 Å². The highest BCUT2D eigenvalue weighted by molar-refractivity contribution is 5.25. The molecular weight excluding hydrogens is 188 g/mol. The molecule has 4 heteroatoms. The molecule has 0 aliphatic carbocycles. The molecule has 15 heavy (non-hydrogen) atoms. The number of rotatable bonds is 2. The van der Waals surface area contributed by atoms with Gasteiger partial charge in [-0.25, -0.2) is 0 Å². The van der Waals surface area contributed by atoms with E-state index in [1.807, 2.05) is 38.4 Å². The van der Waals surface area contributed by atoms with Crippen LogP contribution in [0.1, 0.15) is 23.0 Å². The van der Waals surface area contributed by atoms with Crippen molar-refractivity contribution in [2.75, 3.05) is 0 Å². The molecule has 0 saturated carbocycles. The summed E-state index contributed by atoms with van der Waals surface area (Å²) < 4.78 is 1.78. The Morgan fingerprint density at radius 2 is 2.13 bits per heavy atom. The standard InChI is InChI=1S/C11H14N4/c1-8-3-4-9(7-13-8)11(12)10-5-6-14-15(10)2/h3-7,11H,12H2,1-2H3. The summed E-state index contributed by atoms with van der Waals surface area (Å²) in [5.74, 6) is 0. The lowest BCUT2D eigenvalue weighted by molar-refractivity contribution is 0.672. The van der Waals surface area contributed by atoms with E-state index in [9.17, 15) is 0 Å². The van der Waals surface area contributed by atoms with Gasteiger partial charge in [0.25, 0.3) is 0 Å². The molecular formula is C11H14N4. The number of aryl methyl sites for hydroxylation is 2. The van der Waals surface area contributed by atoms with Crippen LogP contribution in [-0.2, 0) is 7.05 Å². The third-order valence-corrected chi connectivity index (χ3v) is 2.47. The van der Waals surface area contributed by atoms with Gasteiger partial charge >= 0.3 is 0 Å². The third kappa shape index (κ3) is 1.89. The first-order valence-corrected chi connectivity index (χ1v) is 4.84. The van der Waals surface area contributed by atoms with Crippen LogP contribution < -0.4 is 5.73 Å². The number of pyridine rings is 1. The summed E-state index contributed by atoms with van der Waals surface area (Å²) in [6, 6.07) is 5.72. The summed E-state index contributed by atoms with van der Waals surface area (Å²) in [7, 11) is 1.89. The van der Waals surface area contributed by atoms with Gasteiger partial charge < -0.3 is 5.73 Å². The molecule has 2 aromatic rings. The smallest absolute Gasteiger partial charge is 0.0738 e. The normalized spacial score (nSPS) is 12.7. The van der Waals surface area contributed by atoms with Crippen molar-refractivity contribution in [2.24, 2.45) is 12.8 Å². The first-order valence-electron chi connectivity index (χ1n) is 4.84. The Kier molecular flexibility index (Phi) is 2.51. The van der Waals surface area contributed by atoms with Crippen LogP contribution in [-0.4, -0.2) is 14.8 Å². The first kappa shape index (κ1) is 9.86. The van der Waals surface area contributed by atoms with Crippen LogP contribution in [0.3, 0.4) is 0 Å². The molecule has 0 radical (unpaired) electrons. The predicted molar refractivity (Wildman–Crippen MR) is 58.2 cm³/mol. The SMILES string of the molecule is Cc1ccc(C(N)c2ccnn2C)cn1. The number of hydrogen-bond acceptors (Lipinski definition) is 3. The van der Waals surface area contributed by atoms with Crippen molar-refractivity contribution in [3.05, 3.63) is 47.5 Å². The van der Waals surface area contributed by atoms with E-state index >= 15 is 0 Å². The van der Waals surface area contributed by atoms with E-state index in [2.05, 4.69) is 10.1 Å². The third-order valence-electron chi connectivity index (χ3n) is 2.47. The average molecular weight is 202 g/mol. The number of aromatic nitrogens is 3. The second-order valence-corrected chi connectivity index (χ2v) is 3.59. The van der Waals surface area contributed by atoms with Crippen molar-refractivity contribution in [1.29, 1.82) is 0 Å². The maximum Gasteiger partial charge on any atom is 0.0738 e. The van der Waals surface area contributed by atoms with Gasteiger partial charge in [0.15, 0.2) is 0 Å². The van der Waals surface area contributed by atoms with Gasteiger partial charge in [0.1, 0.15) is 0 Å². The Morgan fingerprint density at radius 3 is 2.67 bits per heavy atom. The minimum absolute atomic E-state index is 0.161. The molecule has 2 aromatic heterocycles. The van der Waals surface area contributed by atoms with Crippen molar-refractivity contribution in [2.45, 2.75) is 13.0 Å². The molecule has 1 atom stereocenters. The van der Waals surface area contributed by atoms with E-state index in [-0.39, 0.29) is 6.04 Å². The fourth-order valence-corrected chi connectivity index (χ4v) is 1.52. The second kappa shape index (κ2) is 3.82. The minimum Gasteiger partial charge on any atom is -0.319 e. The summed E-state index contributed by atoms with van der Waals surface area (Å²) in [4.78, 5) is 4.23. The molecule has 0 saturated heterocycles. The van der Waals surface area contributed by atoms with Crippen LogP contribution in [0, 0.1) is 6.92 Å². The largest absolute Gasteiger partial charge is 0.319 e. The highest BCUT2D eigenvalue weighted by atomic mass is 15.3. The molecule has 0 amide bonds. The zero-order chi connectivity index (χ0) is 10.8. The lowest BCUT2D eigenvalue weighted by Gasteiger charge is -2.11. The van der Waals surface area contributed by atoms with E-state index in [4.69, 9.17) is 5.73 Å². The monoisotopic (exact) mass is 202 g/mol. The van der Waals surface area contributed by atoms with Crippen LogP contribution in [0.25, 0.3) is 0 Å². The van der Waals surface area contributed by atoms with Gasteiger partial charge in [0, 0.05) is 25.1 Å². The lowest BCUT2D eigenvalue weighted by atomic mass is 10.1. The molecule has 0 bridgehead atoms. The molecule has 0 aliphatic heterocycles. The fraction of sp³-hybridized carbons (Fsp3) is 0.273. The Morgan fingerprint density at radius 1 is 1.33 bits per heavy atom. The molecule has 0 aromatic carbocycles. The van der Waals surface area contributed by atoms with Crippen molar-refractivity contribution in [3.8, 4) is 0 Å². The second-order valence-electron chi connectivity index (χ2n) is 3.59. The summed E-state index contributed by atoms with van der Waals surface area (Å²) in [6.45, 7) is 1.96. The zero-order valence-corrected chi connectivity index (χ0v) is 8.88. The van der Waals surface area contributed by atoms with E-state index in [1.165, 1.54) is 0 Å². The molecule has 0 fully saturated rings. The van der Waals surface area contributed by atoms with E-state index < -0.39 is 0 Å². The van der Waals surface area contributed by atoms with E-state index in [1.54, 1.807) is 10.9 Å². The van der Waals surface area contributed by atoms with Gasteiger partial charge in [-0.05, 0) is 24.6 Å². The van der Waals surface area contributed by atoms with Crippen LogP contribution in [0.2, 0.25) is 0 Å². The summed E-state index contributed by atoms with van der Waals surface area (Å²) in [5, 5.41) is 4.10. The van der Waals surface area contributed by atoms with Crippen LogP contribution >= 0.6 is 0 Å². The number of nitrogens with two attached hydrogens (primary N) is 1. The van der Waals surface area contributed by atoms with Crippen molar-refractivity contribution < 1.29 is 0 Å². The summed E-state index contributed by atoms with van der Waals surface area (Å²) in [6.07, 6.45) is 3.56. The molecule has 4 nitrogen and oxygen atoms in total. The average Bonchev–Trinajstić information content (AvgIpc) is 2.65. The maximum absolute atomic E-state index is 6.11. The van der Waals surface area contributed by atoms with Gasteiger partial charge in [-0.15, -0.1) is 0 Å². The molecule has 0 spiro atoms. The molecule has 2 rings (SSSR count). The molecule has 2 heterocycles. The summed E-state index contributed by atoms with van der Waals surface area (Å²) in [5.41, 5.74) is 9.10. The van der Waals surface area contributed by atoms with Gasteiger partial charge in [-0.2, -0.15) is 5.10 Å². The molecule has 0 aliphatic rings. The minimum atomic E-state index is -0.161. The van der Waals surface area contributed by atoms with Crippen molar-refractivity contribution >= 4 is 0 Å². The Hall–Kier alpha value is -1.68. The predicted octanol–water partition coefficient (Wildman–Crippen LogP) is 1.17. The fourth-order valence-electron chi connectivity index (χ4n) is 1.52. The molecule has 1 unspecified atom stereocenters. The zero-order valence-electron chi connectivity index (χ0n) is 8.88. The Labute approximate surface area is 88.8 Å². The van der Waals surface area contributed by atoms with E-state index in [0.29, 0.717) is 0 Å². The van der Waals surface area contributed by atoms with Gasteiger partial charge in [-0.1, -0.05) is 6.07 Å². The first-order chi connectivity index (χ1) is 7.18. The van der Waals surface area contributed by atoms with Gasteiger partial charge in [0.2, 0.25) is 0 Å². The van der Waals surface area contributed by atoms with Crippen LogP contribution in [0.15, 0.2) is 30.6 Å². The van der Waals surface area contributed by atoms with Crippen LogP contribution in [0.5, 0.6) is 0 Å².